The lowest BCUT2D eigenvalue weighted by molar-refractivity contribution is 1.02. The highest BCUT2D eigenvalue weighted by Gasteiger charge is 2.11. The first-order valence-electron chi connectivity index (χ1n) is 5.59. The SMILES string of the molecule is CCc1nc(N)sc1Cc1cccc(C)c1Br. The lowest BCUT2D eigenvalue weighted by Crippen LogP contribution is -1.93. The van der Waals surface area contributed by atoms with E-state index in [2.05, 4.69) is 53.0 Å². The first kappa shape index (κ1) is 12.6. The molecule has 0 saturated heterocycles. The highest BCUT2D eigenvalue weighted by molar-refractivity contribution is 9.10. The van der Waals surface area contributed by atoms with Gasteiger partial charge in [0.2, 0.25) is 0 Å². The van der Waals surface area contributed by atoms with Crippen LogP contribution in [0.15, 0.2) is 22.7 Å². The number of aryl methyl sites for hydroxylation is 2. The third kappa shape index (κ3) is 2.69. The summed E-state index contributed by atoms with van der Waals surface area (Å²) in [7, 11) is 0. The van der Waals surface area contributed by atoms with Gasteiger partial charge < -0.3 is 5.73 Å². The molecule has 0 radical (unpaired) electrons. The summed E-state index contributed by atoms with van der Waals surface area (Å²) in [5.41, 5.74) is 9.45. The second-order valence-electron chi connectivity index (χ2n) is 4.00. The Morgan fingerprint density at radius 3 is 2.88 bits per heavy atom. The van der Waals surface area contributed by atoms with Crippen LogP contribution >= 0.6 is 27.3 Å². The summed E-state index contributed by atoms with van der Waals surface area (Å²) in [6.45, 7) is 4.22. The molecule has 0 saturated carbocycles. The molecule has 0 atom stereocenters. The molecule has 1 aromatic heterocycles. The number of rotatable bonds is 3. The number of hydrogen-bond donors (Lipinski definition) is 1. The molecule has 17 heavy (non-hydrogen) atoms. The van der Waals surface area contributed by atoms with Crippen molar-refractivity contribution in [2.45, 2.75) is 26.7 Å². The van der Waals surface area contributed by atoms with Crippen LogP contribution in [0.5, 0.6) is 0 Å². The molecule has 90 valence electrons. The highest BCUT2D eigenvalue weighted by Crippen LogP contribution is 2.28. The van der Waals surface area contributed by atoms with Gasteiger partial charge in [0, 0.05) is 15.8 Å². The van der Waals surface area contributed by atoms with Crippen LogP contribution in [0.3, 0.4) is 0 Å². The minimum Gasteiger partial charge on any atom is -0.375 e. The predicted molar refractivity (Wildman–Crippen MR) is 77.6 cm³/mol. The van der Waals surface area contributed by atoms with Crippen molar-refractivity contribution in [2.24, 2.45) is 0 Å². The van der Waals surface area contributed by atoms with Crippen LogP contribution < -0.4 is 5.73 Å². The van der Waals surface area contributed by atoms with Gasteiger partial charge in [-0.3, -0.25) is 0 Å². The number of nitrogens with two attached hydrogens (primary N) is 1. The van der Waals surface area contributed by atoms with E-state index in [0.29, 0.717) is 5.13 Å². The summed E-state index contributed by atoms with van der Waals surface area (Å²) in [4.78, 5) is 5.63. The standard InChI is InChI=1S/C13H15BrN2S/c1-3-10-11(17-13(15)16-10)7-9-6-4-5-8(2)12(9)14/h4-6H,3,7H2,1-2H3,(H2,15,16). The smallest absolute Gasteiger partial charge is 0.180 e. The molecule has 0 unspecified atom stereocenters. The fourth-order valence-corrected chi connectivity index (χ4v) is 3.18. The average Bonchev–Trinajstić information content (AvgIpc) is 2.65. The molecule has 1 heterocycles. The van der Waals surface area contributed by atoms with Crippen LogP contribution in [0, 0.1) is 6.92 Å². The van der Waals surface area contributed by atoms with E-state index in [1.54, 1.807) is 11.3 Å². The molecule has 2 rings (SSSR count). The van der Waals surface area contributed by atoms with Gasteiger partial charge in [0.05, 0.1) is 5.69 Å². The molecular weight excluding hydrogens is 296 g/mol. The number of halogens is 1. The molecule has 0 spiro atoms. The average molecular weight is 311 g/mol. The van der Waals surface area contributed by atoms with Gasteiger partial charge >= 0.3 is 0 Å². The second kappa shape index (κ2) is 5.19. The lowest BCUT2D eigenvalue weighted by atomic mass is 10.1. The van der Waals surface area contributed by atoms with Crippen LogP contribution in [0.25, 0.3) is 0 Å². The van der Waals surface area contributed by atoms with Crippen molar-refractivity contribution in [3.05, 3.63) is 44.4 Å². The Morgan fingerprint density at radius 1 is 1.41 bits per heavy atom. The Bertz CT molecular complexity index is 534. The largest absolute Gasteiger partial charge is 0.375 e. The molecule has 0 aliphatic heterocycles. The van der Waals surface area contributed by atoms with Crippen LogP contribution in [0.4, 0.5) is 5.13 Å². The van der Waals surface area contributed by atoms with Crippen molar-refractivity contribution >= 4 is 32.4 Å². The van der Waals surface area contributed by atoms with Crippen LogP contribution in [0.1, 0.15) is 28.6 Å². The van der Waals surface area contributed by atoms with Crippen molar-refractivity contribution in [1.29, 1.82) is 0 Å². The topological polar surface area (TPSA) is 38.9 Å². The number of hydrogen-bond acceptors (Lipinski definition) is 3. The Balaban J connectivity index is 2.34. The van der Waals surface area contributed by atoms with Gasteiger partial charge in [-0.15, -0.1) is 11.3 Å². The van der Waals surface area contributed by atoms with E-state index in [-0.39, 0.29) is 0 Å². The third-order valence-corrected chi connectivity index (χ3v) is 4.81. The van der Waals surface area contributed by atoms with Crippen LogP contribution in [-0.2, 0) is 12.8 Å². The summed E-state index contributed by atoms with van der Waals surface area (Å²) in [5.74, 6) is 0. The molecular formula is C13H15BrN2S. The number of benzene rings is 1. The number of aromatic nitrogens is 1. The van der Waals surface area contributed by atoms with Gasteiger partial charge in [0.15, 0.2) is 5.13 Å². The van der Waals surface area contributed by atoms with E-state index in [4.69, 9.17) is 5.73 Å². The van der Waals surface area contributed by atoms with Crippen LogP contribution in [0.2, 0.25) is 0 Å². The first-order chi connectivity index (χ1) is 8.11. The quantitative estimate of drug-likeness (QED) is 0.932. The molecule has 0 bridgehead atoms. The minimum absolute atomic E-state index is 0.667. The number of nitrogen functional groups attached to an aromatic ring is 1. The van der Waals surface area contributed by atoms with Gasteiger partial charge in [-0.05, 0) is 24.5 Å². The Labute approximate surface area is 114 Å². The maximum atomic E-state index is 5.77. The van der Waals surface area contributed by atoms with Crippen molar-refractivity contribution in [1.82, 2.24) is 4.98 Å². The van der Waals surface area contributed by atoms with Crippen molar-refractivity contribution in [3.63, 3.8) is 0 Å². The maximum Gasteiger partial charge on any atom is 0.180 e. The minimum atomic E-state index is 0.667. The fourth-order valence-electron chi connectivity index (χ4n) is 1.84. The summed E-state index contributed by atoms with van der Waals surface area (Å²) in [5, 5.41) is 0.667. The van der Waals surface area contributed by atoms with E-state index in [1.807, 2.05) is 0 Å². The molecule has 1 aromatic carbocycles. The fraction of sp³-hybridized carbons (Fsp3) is 0.308. The molecule has 2 N–H and O–H groups in total. The zero-order valence-electron chi connectivity index (χ0n) is 9.96. The number of thiazole rings is 1. The van der Waals surface area contributed by atoms with E-state index >= 15 is 0 Å². The van der Waals surface area contributed by atoms with E-state index in [1.165, 1.54) is 20.5 Å². The Morgan fingerprint density at radius 2 is 2.18 bits per heavy atom. The van der Waals surface area contributed by atoms with E-state index in [0.717, 1.165) is 18.5 Å². The highest BCUT2D eigenvalue weighted by atomic mass is 79.9. The normalized spacial score (nSPS) is 10.8. The predicted octanol–water partition coefficient (Wildman–Crippen LogP) is 3.95. The van der Waals surface area contributed by atoms with E-state index in [9.17, 15) is 0 Å². The summed E-state index contributed by atoms with van der Waals surface area (Å²) >= 11 is 5.24. The van der Waals surface area contributed by atoms with Gasteiger partial charge in [-0.2, -0.15) is 0 Å². The first-order valence-corrected chi connectivity index (χ1v) is 7.20. The summed E-state index contributed by atoms with van der Waals surface area (Å²) in [6.07, 6.45) is 1.84. The molecule has 0 aliphatic carbocycles. The number of nitrogens with zero attached hydrogens (tertiary/aromatic N) is 1. The van der Waals surface area contributed by atoms with Crippen LogP contribution in [-0.4, -0.2) is 4.98 Å². The van der Waals surface area contributed by atoms with E-state index < -0.39 is 0 Å². The summed E-state index contributed by atoms with van der Waals surface area (Å²) < 4.78 is 1.19. The monoisotopic (exact) mass is 310 g/mol. The molecule has 0 amide bonds. The molecule has 2 nitrogen and oxygen atoms in total. The van der Waals surface area contributed by atoms with Gasteiger partial charge in [0.1, 0.15) is 0 Å². The molecule has 0 fully saturated rings. The van der Waals surface area contributed by atoms with Gasteiger partial charge in [0.25, 0.3) is 0 Å². The third-order valence-electron chi connectivity index (χ3n) is 2.75. The maximum absolute atomic E-state index is 5.77. The molecule has 0 aliphatic rings. The lowest BCUT2D eigenvalue weighted by Gasteiger charge is -2.06. The Hall–Kier alpha value is -0.870. The zero-order chi connectivity index (χ0) is 12.4. The van der Waals surface area contributed by atoms with Crippen molar-refractivity contribution in [2.75, 3.05) is 5.73 Å². The number of anilines is 1. The van der Waals surface area contributed by atoms with Crippen molar-refractivity contribution < 1.29 is 0 Å². The molecule has 2 aromatic rings. The summed E-state index contributed by atoms with van der Waals surface area (Å²) in [6, 6.07) is 6.34. The van der Waals surface area contributed by atoms with Gasteiger partial charge in [-0.1, -0.05) is 41.1 Å². The Kier molecular flexibility index (Phi) is 3.84. The van der Waals surface area contributed by atoms with Gasteiger partial charge in [-0.25, -0.2) is 4.98 Å². The zero-order valence-corrected chi connectivity index (χ0v) is 12.4. The van der Waals surface area contributed by atoms with Crippen molar-refractivity contribution in [3.8, 4) is 0 Å². The molecule has 4 heteroatoms. The second-order valence-corrected chi connectivity index (χ2v) is 5.91.